The van der Waals surface area contributed by atoms with E-state index < -0.39 is 0 Å². The van der Waals surface area contributed by atoms with Crippen molar-refractivity contribution in [2.24, 2.45) is 0 Å². The first kappa shape index (κ1) is 14.8. The Morgan fingerprint density at radius 1 is 1.04 bits per heavy atom. The molecule has 116 valence electrons. The second kappa shape index (κ2) is 6.79. The Bertz CT molecular complexity index is 780. The molecule has 0 saturated heterocycles. The van der Waals surface area contributed by atoms with E-state index in [0.717, 1.165) is 17.7 Å². The lowest BCUT2D eigenvalue weighted by atomic mass is 10.1. The number of hydrogen-bond acceptors (Lipinski definition) is 3. The highest BCUT2D eigenvalue weighted by molar-refractivity contribution is 5.99. The van der Waals surface area contributed by atoms with Crippen molar-refractivity contribution in [3.05, 3.63) is 66.2 Å². The van der Waals surface area contributed by atoms with E-state index in [9.17, 15) is 4.79 Å². The summed E-state index contributed by atoms with van der Waals surface area (Å²) in [5, 5.41) is 9.27. The number of carbonyl (C=O) groups is 1. The molecule has 0 atom stereocenters. The summed E-state index contributed by atoms with van der Waals surface area (Å²) in [6.45, 7) is 2.09. The van der Waals surface area contributed by atoms with Crippen molar-refractivity contribution >= 4 is 17.5 Å². The number of amides is 2. The lowest BCUT2D eigenvalue weighted by molar-refractivity contribution is 0.262. The normalized spacial score (nSPS) is 10.3. The largest absolute Gasteiger partial charge is 0.354 e. The molecule has 0 fully saturated rings. The van der Waals surface area contributed by atoms with Gasteiger partial charge in [0, 0.05) is 17.3 Å². The van der Waals surface area contributed by atoms with Crippen LogP contribution in [0.1, 0.15) is 12.5 Å². The quantitative estimate of drug-likeness (QED) is 0.743. The summed E-state index contributed by atoms with van der Waals surface area (Å²) < 4.78 is 5.24. The Hall–Kier alpha value is -3.08. The second-order valence-electron chi connectivity index (χ2n) is 5.07. The van der Waals surface area contributed by atoms with Gasteiger partial charge in [0.15, 0.2) is 11.6 Å². The Labute approximate surface area is 134 Å². The van der Waals surface area contributed by atoms with E-state index in [1.807, 2.05) is 54.6 Å². The van der Waals surface area contributed by atoms with E-state index in [0.29, 0.717) is 11.6 Å². The number of aromatic nitrogens is 1. The summed E-state index contributed by atoms with van der Waals surface area (Å²) in [4.78, 5) is 12.0. The molecule has 0 aliphatic heterocycles. The standard InChI is InChI=1S/C18H17N3O2/c1-2-13-8-10-15(11-9-13)19-18(22)20-17-12-16(23-21-17)14-6-4-3-5-7-14/h3-12H,2H2,1H3,(H2,19,20,21,22). The lowest BCUT2D eigenvalue weighted by Gasteiger charge is -2.05. The molecular formula is C18H17N3O2. The second-order valence-corrected chi connectivity index (χ2v) is 5.07. The van der Waals surface area contributed by atoms with E-state index in [1.54, 1.807) is 6.07 Å². The summed E-state index contributed by atoms with van der Waals surface area (Å²) in [5.74, 6) is 0.972. The van der Waals surface area contributed by atoms with E-state index in [2.05, 4.69) is 22.7 Å². The van der Waals surface area contributed by atoms with Gasteiger partial charge < -0.3 is 9.84 Å². The third-order valence-electron chi connectivity index (χ3n) is 3.43. The zero-order valence-corrected chi connectivity index (χ0v) is 12.7. The number of urea groups is 1. The monoisotopic (exact) mass is 307 g/mol. The average Bonchev–Trinajstić information content (AvgIpc) is 3.04. The van der Waals surface area contributed by atoms with Crippen LogP contribution in [-0.2, 0) is 6.42 Å². The van der Waals surface area contributed by atoms with Crippen LogP contribution in [0, 0.1) is 0 Å². The highest BCUT2D eigenvalue weighted by Gasteiger charge is 2.09. The first-order chi connectivity index (χ1) is 11.2. The van der Waals surface area contributed by atoms with Crippen LogP contribution in [0.4, 0.5) is 16.3 Å². The average molecular weight is 307 g/mol. The maximum Gasteiger partial charge on any atom is 0.324 e. The first-order valence-electron chi connectivity index (χ1n) is 7.43. The van der Waals surface area contributed by atoms with Gasteiger partial charge in [-0.25, -0.2) is 4.79 Å². The van der Waals surface area contributed by atoms with Crippen LogP contribution in [0.25, 0.3) is 11.3 Å². The van der Waals surface area contributed by atoms with Crippen LogP contribution >= 0.6 is 0 Å². The van der Waals surface area contributed by atoms with Gasteiger partial charge >= 0.3 is 6.03 Å². The molecule has 0 unspecified atom stereocenters. The number of anilines is 2. The van der Waals surface area contributed by atoms with Crippen molar-refractivity contribution in [2.45, 2.75) is 13.3 Å². The van der Waals surface area contributed by atoms with E-state index in [4.69, 9.17) is 4.52 Å². The van der Waals surface area contributed by atoms with E-state index in [-0.39, 0.29) is 6.03 Å². The van der Waals surface area contributed by atoms with Crippen molar-refractivity contribution in [3.8, 4) is 11.3 Å². The summed E-state index contributed by atoms with van der Waals surface area (Å²) in [7, 11) is 0. The molecule has 3 aromatic rings. The fourth-order valence-corrected chi connectivity index (χ4v) is 2.18. The Balaban J connectivity index is 1.63. The molecule has 2 N–H and O–H groups in total. The number of benzene rings is 2. The lowest BCUT2D eigenvalue weighted by Crippen LogP contribution is -2.19. The molecule has 2 amide bonds. The molecule has 23 heavy (non-hydrogen) atoms. The third-order valence-corrected chi connectivity index (χ3v) is 3.43. The maximum absolute atomic E-state index is 12.0. The predicted octanol–water partition coefficient (Wildman–Crippen LogP) is 4.55. The number of hydrogen-bond donors (Lipinski definition) is 2. The highest BCUT2D eigenvalue weighted by atomic mass is 16.5. The fourth-order valence-electron chi connectivity index (χ4n) is 2.18. The zero-order valence-electron chi connectivity index (χ0n) is 12.7. The van der Waals surface area contributed by atoms with Crippen LogP contribution in [0.15, 0.2) is 65.2 Å². The van der Waals surface area contributed by atoms with Gasteiger partial charge in [0.1, 0.15) is 0 Å². The van der Waals surface area contributed by atoms with E-state index in [1.165, 1.54) is 5.56 Å². The van der Waals surface area contributed by atoms with Crippen LogP contribution in [0.5, 0.6) is 0 Å². The van der Waals surface area contributed by atoms with Gasteiger partial charge in [-0.1, -0.05) is 54.5 Å². The summed E-state index contributed by atoms with van der Waals surface area (Å²) in [5.41, 5.74) is 2.86. The van der Waals surface area contributed by atoms with Gasteiger partial charge in [0.25, 0.3) is 0 Å². The molecule has 0 spiro atoms. The molecule has 2 aromatic carbocycles. The van der Waals surface area contributed by atoms with Crippen molar-refractivity contribution in [1.29, 1.82) is 0 Å². The summed E-state index contributed by atoms with van der Waals surface area (Å²) in [6.07, 6.45) is 0.966. The molecule has 1 aromatic heterocycles. The summed E-state index contributed by atoms with van der Waals surface area (Å²) in [6, 6.07) is 18.6. The van der Waals surface area contributed by atoms with Crippen LogP contribution in [0.2, 0.25) is 0 Å². The van der Waals surface area contributed by atoms with Crippen molar-refractivity contribution in [2.75, 3.05) is 10.6 Å². The fraction of sp³-hybridized carbons (Fsp3) is 0.111. The molecular weight excluding hydrogens is 290 g/mol. The number of carbonyl (C=O) groups excluding carboxylic acids is 1. The number of rotatable bonds is 4. The van der Waals surface area contributed by atoms with Gasteiger partial charge in [0.05, 0.1) is 0 Å². The molecule has 0 aliphatic carbocycles. The molecule has 1 heterocycles. The zero-order chi connectivity index (χ0) is 16.1. The Kier molecular flexibility index (Phi) is 4.38. The molecule has 0 radical (unpaired) electrons. The summed E-state index contributed by atoms with van der Waals surface area (Å²) >= 11 is 0. The molecule has 0 saturated carbocycles. The minimum Gasteiger partial charge on any atom is -0.354 e. The predicted molar refractivity (Wildman–Crippen MR) is 90.4 cm³/mol. The van der Waals surface area contributed by atoms with Gasteiger partial charge in [-0.3, -0.25) is 5.32 Å². The van der Waals surface area contributed by atoms with Gasteiger partial charge in [-0.2, -0.15) is 0 Å². The number of nitrogens with zero attached hydrogens (tertiary/aromatic N) is 1. The highest BCUT2D eigenvalue weighted by Crippen LogP contribution is 2.22. The van der Waals surface area contributed by atoms with Crippen molar-refractivity contribution in [3.63, 3.8) is 0 Å². The Morgan fingerprint density at radius 3 is 2.48 bits per heavy atom. The van der Waals surface area contributed by atoms with Crippen LogP contribution in [0.3, 0.4) is 0 Å². The maximum atomic E-state index is 12.0. The smallest absolute Gasteiger partial charge is 0.324 e. The van der Waals surface area contributed by atoms with E-state index >= 15 is 0 Å². The Morgan fingerprint density at radius 2 is 1.78 bits per heavy atom. The third kappa shape index (κ3) is 3.77. The van der Waals surface area contributed by atoms with Crippen LogP contribution < -0.4 is 10.6 Å². The molecule has 0 aliphatic rings. The topological polar surface area (TPSA) is 67.2 Å². The molecule has 3 rings (SSSR count). The minimum absolute atomic E-state index is 0.359. The number of nitrogens with one attached hydrogen (secondary N) is 2. The molecule has 5 nitrogen and oxygen atoms in total. The van der Waals surface area contributed by atoms with Crippen molar-refractivity contribution < 1.29 is 9.32 Å². The van der Waals surface area contributed by atoms with Gasteiger partial charge in [-0.05, 0) is 24.1 Å². The van der Waals surface area contributed by atoms with Crippen LogP contribution in [-0.4, -0.2) is 11.2 Å². The van der Waals surface area contributed by atoms with Gasteiger partial charge in [-0.15, -0.1) is 0 Å². The van der Waals surface area contributed by atoms with Gasteiger partial charge in [0.2, 0.25) is 0 Å². The SMILES string of the molecule is CCc1ccc(NC(=O)Nc2cc(-c3ccccc3)on2)cc1. The molecule has 0 bridgehead atoms. The number of aryl methyl sites for hydroxylation is 1. The minimum atomic E-state index is -0.359. The van der Waals surface area contributed by atoms with Crippen molar-refractivity contribution in [1.82, 2.24) is 5.16 Å². The first-order valence-corrected chi connectivity index (χ1v) is 7.43. The molecule has 5 heteroatoms.